The summed E-state index contributed by atoms with van der Waals surface area (Å²) >= 11 is 0. The van der Waals surface area contributed by atoms with Crippen molar-refractivity contribution in [2.75, 3.05) is 0 Å². The van der Waals surface area contributed by atoms with E-state index in [2.05, 4.69) is 0 Å². The zero-order chi connectivity index (χ0) is 10.9. The fourth-order valence-electron chi connectivity index (χ4n) is 1.09. The maximum atomic E-state index is 12.9. The SMILES string of the molecule is CC(=O)C(C)(C)c1ccc(F)c(F)c1. The van der Waals surface area contributed by atoms with Crippen molar-refractivity contribution in [2.24, 2.45) is 0 Å². The fourth-order valence-corrected chi connectivity index (χ4v) is 1.09. The molecule has 1 rings (SSSR count). The fraction of sp³-hybridized carbons (Fsp3) is 0.364. The molecule has 1 nitrogen and oxygen atoms in total. The molecule has 0 atom stereocenters. The minimum Gasteiger partial charge on any atom is -0.299 e. The summed E-state index contributed by atoms with van der Waals surface area (Å²) in [6.07, 6.45) is 0. The lowest BCUT2D eigenvalue weighted by Crippen LogP contribution is -2.26. The molecule has 0 saturated carbocycles. The summed E-state index contributed by atoms with van der Waals surface area (Å²) < 4.78 is 25.5. The summed E-state index contributed by atoms with van der Waals surface area (Å²) in [5.41, 5.74) is -0.280. The highest BCUT2D eigenvalue weighted by Crippen LogP contribution is 2.25. The largest absolute Gasteiger partial charge is 0.299 e. The number of rotatable bonds is 2. The highest BCUT2D eigenvalue weighted by atomic mass is 19.2. The Morgan fingerprint density at radius 3 is 2.21 bits per heavy atom. The Bertz CT molecular complexity index is 370. The van der Waals surface area contributed by atoms with Crippen molar-refractivity contribution in [3.63, 3.8) is 0 Å². The smallest absolute Gasteiger partial charge is 0.159 e. The lowest BCUT2D eigenvalue weighted by atomic mass is 9.81. The Morgan fingerprint density at radius 2 is 1.79 bits per heavy atom. The van der Waals surface area contributed by atoms with Gasteiger partial charge in [-0.3, -0.25) is 4.79 Å². The van der Waals surface area contributed by atoms with E-state index in [1.807, 2.05) is 0 Å². The van der Waals surface area contributed by atoms with Crippen LogP contribution >= 0.6 is 0 Å². The number of carbonyl (C=O) groups is 1. The molecule has 0 spiro atoms. The van der Waals surface area contributed by atoms with Crippen LogP contribution in [0.4, 0.5) is 8.78 Å². The van der Waals surface area contributed by atoms with Crippen molar-refractivity contribution in [3.8, 4) is 0 Å². The molecule has 0 aliphatic rings. The van der Waals surface area contributed by atoms with Crippen molar-refractivity contribution in [2.45, 2.75) is 26.2 Å². The summed E-state index contributed by atoms with van der Waals surface area (Å²) in [6.45, 7) is 4.80. The van der Waals surface area contributed by atoms with Crippen LogP contribution < -0.4 is 0 Å². The highest BCUT2D eigenvalue weighted by Gasteiger charge is 2.26. The monoisotopic (exact) mass is 198 g/mol. The van der Waals surface area contributed by atoms with E-state index in [1.54, 1.807) is 13.8 Å². The zero-order valence-electron chi connectivity index (χ0n) is 8.40. The van der Waals surface area contributed by atoms with Gasteiger partial charge in [-0.15, -0.1) is 0 Å². The molecule has 76 valence electrons. The third-order valence-electron chi connectivity index (χ3n) is 2.52. The Labute approximate surface area is 81.7 Å². The van der Waals surface area contributed by atoms with Crippen LogP contribution in [0.5, 0.6) is 0 Å². The molecule has 0 aromatic heterocycles. The van der Waals surface area contributed by atoms with E-state index in [-0.39, 0.29) is 5.78 Å². The number of halogens is 2. The first-order chi connectivity index (χ1) is 6.35. The number of carbonyl (C=O) groups excluding carboxylic acids is 1. The summed E-state index contributed by atoms with van der Waals surface area (Å²) in [5, 5.41) is 0. The molecule has 0 saturated heterocycles. The summed E-state index contributed by atoms with van der Waals surface area (Å²) in [4.78, 5) is 11.2. The van der Waals surface area contributed by atoms with E-state index < -0.39 is 17.0 Å². The number of Topliss-reactive ketones (excluding diaryl/α,β-unsaturated/α-hetero) is 1. The number of hydrogen-bond acceptors (Lipinski definition) is 1. The second-order valence-corrected chi connectivity index (χ2v) is 3.81. The van der Waals surface area contributed by atoms with E-state index in [0.29, 0.717) is 5.56 Å². The van der Waals surface area contributed by atoms with Crippen molar-refractivity contribution in [1.29, 1.82) is 0 Å². The standard InChI is InChI=1S/C11H12F2O/c1-7(14)11(2,3)8-4-5-9(12)10(13)6-8/h4-6H,1-3H3. The molecular formula is C11H12F2O. The lowest BCUT2D eigenvalue weighted by molar-refractivity contribution is -0.121. The van der Waals surface area contributed by atoms with E-state index >= 15 is 0 Å². The summed E-state index contributed by atoms with van der Waals surface area (Å²) in [6, 6.07) is 3.53. The highest BCUT2D eigenvalue weighted by molar-refractivity contribution is 5.87. The van der Waals surface area contributed by atoms with Gasteiger partial charge in [0.05, 0.1) is 0 Å². The van der Waals surface area contributed by atoms with Gasteiger partial charge in [-0.25, -0.2) is 8.78 Å². The van der Waals surface area contributed by atoms with Gasteiger partial charge >= 0.3 is 0 Å². The molecule has 0 aliphatic carbocycles. The summed E-state index contributed by atoms with van der Waals surface area (Å²) in [5.74, 6) is -1.89. The molecule has 0 amide bonds. The Morgan fingerprint density at radius 1 is 1.21 bits per heavy atom. The van der Waals surface area contributed by atoms with Crippen molar-refractivity contribution in [1.82, 2.24) is 0 Å². The topological polar surface area (TPSA) is 17.1 Å². The number of benzene rings is 1. The van der Waals surface area contributed by atoms with Gasteiger partial charge < -0.3 is 0 Å². The van der Waals surface area contributed by atoms with Crippen molar-refractivity contribution >= 4 is 5.78 Å². The van der Waals surface area contributed by atoms with E-state index in [1.165, 1.54) is 13.0 Å². The van der Waals surface area contributed by atoms with Gasteiger partial charge in [0.15, 0.2) is 11.6 Å². The van der Waals surface area contributed by atoms with Crippen LogP contribution in [-0.2, 0) is 10.2 Å². The minimum atomic E-state index is -0.920. The van der Waals surface area contributed by atoms with Crippen molar-refractivity contribution in [3.05, 3.63) is 35.4 Å². The van der Waals surface area contributed by atoms with E-state index in [9.17, 15) is 13.6 Å². The average molecular weight is 198 g/mol. The minimum absolute atomic E-state index is 0.0801. The molecule has 14 heavy (non-hydrogen) atoms. The van der Waals surface area contributed by atoms with Gasteiger partial charge in [0.2, 0.25) is 0 Å². The van der Waals surface area contributed by atoms with Crippen LogP contribution in [0.2, 0.25) is 0 Å². The van der Waals surface area contributed by atoms with Gasteiger partial charge in [-0.05, 0) is 38.5 Å². The number of ketones is 1. The van der Waals surface area contributed by atoms with Crippen LogP contribution in [0.15, 0.2) is 18.2 Å². The first kappa shape index (κ1) is 10.8. The maximum Gasteiger partial charge on any atom is 0.159 e. The Kier molecular flexibility index (Phi) is 2.69. The predicted molar refractivity (Wildman–Crippen MR) is 50.1 cm³/mol. The summed E-state index contributed by atoms with van der Waals surface area (Å²) in [7, 11) is 0. The average Bonchev–Trinajstić information content (AvgIpc) is 2.09. The third kappa shape index (κ3) is 1.81. The van der Waals surface area contributed by atoms with Crippen LogP contribution in [0.25, 0.3) is 0 Å². The quantitative estimate of drug-likeness (QED) is 0.714. The molecule has 0 fully saturated rings. The Balaban J connectivity index is 3.21. The van der Waals surface area contributed by atoms with Crippen LogP contribution in [0.3, 0.4) is 0 Å². The first-order valence-corrected chi connectivity index (χ1v) is 4.32. The second-order valence-electron chi connectivity index (χ2n) is 3.81. The maximum absolute atomic E-state index is 12.9. The van der Waals surface area contributed by atoms with Gasteiger partial charge in [0.25, 0.3) is 0 Å². The molecule has 3 heteroatoms. The molecule has 0 radical (unpaired) electrons. The van der Waals surface area contributed by atoms with Gasteiger partial charge in [-0.1, -0.05) is 6.07 Å². The first-order valence-electron chi connectivity index (χ1n) is 4.32. The van der Waals surface area contributed by atoms with Crippen LogP contribution in [-0.4, -0.2) is 5.78 Å². The van der Waals surface area contributed by atoms with Gasteiger partial charge in [0.1, 0.15) is 5.78 Å². The van der Waals surface area contributed by atoms with Gasteiger partial charge in [0, 0.05) is 5.41 Å². The molecule has 1 aromatic carbocycles. The van der Waals surface area contributed by atoms with Crippen molar-refractivity contribution < 1.29 is 13.6 Å². The molecule has 0 unspecified atom stereocenters. The normalized spacial score (nSPS) is 11.5. The van der Waals surface area contributed by atoms with E-state index in [0.717, 1.165) is 12.1 Å². The molecular weight excluding hydrogens is 186 g/mol. The molecule has 0 N–H and O–H groups in total. The molecule has 0 heterocycles. The Hall–Kier alpha value is -1.25. The van der Waals surface area contributed by atoms with Crippen LogP contribution in [0.1, 0.15) is 26.3 Å². The molecule has 0 aliphatic heterocycles. The van der Waals surface area contributed by atoms with Gasteiger partial charge in [-0.2, -0.15) is 0 Å². The van der Waals surface area contributed by atoms with Crippen LogP contribution in [0, 0.1) is 11.6 Å². The molecule has 1 aromatic rings. The predicted octanol–water partition coefficient (Wildman–Crippen LogP) is 2.83. The lowest BCUT2D eigenvalue weighted by Gasteiger charge is -2.21. The zero-order valence-corrected chi connectivity index (χ0v) is 8.40. The number of hydrogen-bond donors (Lipinski definition) is 0. The van der Waals surface area contributed by atoms with E-state index in [4.69, 9.17) is 0 Å². The third-order valence-corrected chi connectivity index (χ3v) is 2.52. The molecule has 0 bridgehead atoms. The second kappa shape index (κ2) is 3.48.